The molecule has 1 aliphatic rings. The molecule has 1 aliphatic heterocycles. The van der Waals surface area contributed by atoms with E-state index in [1.165, 1.54) is 0 Å². The van der Waals surface area contributed by atoms with Crippen molar-refractivity contribution in [1.29, 1.82) is 5.26 Å². The number of aromatic nitrogens is 1. The number of hydrogen-bond acceptors (Lipinski definition) is 4. The van der Waals surface area contributed by atoms with Gasteiger partial charge in [0.05, 0.1) is 16.8 Å². The van der Waals surface area contributed by atoms with E-state index in [9.17, 15) is 5.26 Å². The van der Waals surface area contributed by atoms with Crippen LogP contribution in [0.4, 0.5) is 5.69 Å². The number of halogens is 1. The van der Waals surface area contributed by atoms with E-state index >= 15 is 0 Å². The average Bonchev–Trinajstić information content (AvgIpc) is 2.50. The molecule has 1 N–H and O–H groups in total. The summed E-state index contributed by atoms with van der Waals surface area (Å²) in [6.07, 6.45) is 3.85. The molecule has 108 valence electrons. The van der Waals surface area contributed by atoms with Crippen LogP contribution in [0.1, 0.15) is 18.4 Å². The summed E-state index contributed by atoms with van der Waals surface area (Å²) in [5, 5.41) is 14.0. The molecule has 0 radical (unpaired) electrons. The molecular weight excluding hydrogens is 328 g/mol. The Kier molecular flexibility index (Phi) is 4.09. The number of benzene rings is 1. The van der Waals surface area contributed by atoms with Gasteiger partial charge < -0.3 is 10.2 Å². The summed E-state index contributed by atoms with van der Waals surface area (Å²) < 4.78 is 0.998. The van der Waals surface area contributed by atoms with Crippen LogP contribution in [0.2, 0.25) is 0 Å². The molecule has 2 heterocycles. The lowest BCUT2D eigenvalue weighted by atomic mass is 10.0. The Hall–Kier alpha value is -1.64. The topological polar surface area (TPSA) is 52.0 Å². The number of rotatable bonds is 2. The molecule has 0 saturated carbocycles. The number of likely N-dealkylation sites (tertiary alicyclic amines) is 1. The number of anilines is 1. The predicted molar refractivity (Wildman–Crippen MR) is 88.3 cm³/mol. The molecule has 0 aliphatic carbocycles. The molecule has 1 aromatic carbocycles. The molecule has 0 spiro atoms. The van der Waals surface area contributed by atoms with Crippen molar-refractivity contribution in [3.63, 3.8) is 0 Å². The van der Waals surface area contributed by atoms with Crippen LogP contribution in [-0.4, -0.2) is 36.1 Å². The molecule has 1 aromatic heterocycles. The first kappa shape index (κ1) is 14.3. The Morgan fingerprint density at radius 2 is 2.14 bits per heavy atom. The van der Waals surface area contributed by atoms with Crippen molar-refractivity contribution >= 4 is 32.5 Å². The van der Waals surface area contributed by atoms with Crippen molar-refractivity contribution in [2.45, 2.75) is 18.9 Å². The Morgan fingerprint density at radius 1 is 1.38 bits per heavy atom. The highest BCUT2D eigenvalue weighted by atomic mass is 79.9. The largest absolute Gasteiger partial charge is 0.381 e. The quantitative estimate of drug-likeness (QED) is 0.907. The van der Waals surface area contributed by atoms with Gasteiger partial charge in [-0.3, -0.25) is 4.98 Å². The highest BCUT2D eigenvalue weighted by Gasteiger charge is 2.19. The van der Waals surface area contributed by atoms with Crippen LogP contribution < -0.4 is 5.32 Å². The van der Waals surface area contributed by atoms with E-state index in [0.29, 0.717) is 11.6 Å². The predicted octanol–water partition coefficient (Wildman–Crippen LogP) is 3.38. The monoisotopic (exact) mass is 344 g/mol. The fourth-order valence-electron chi connectivity index (χ4n) is 2.76. The summed E-state index contributed by atoms with van der Waals surface area (Å²) in [5.41, 5.74) is 2.44. The summed E-state index contributed by atoms with van der Waals surface area (Å²) in [6.45, 7) is 2.18. The fourth-order valence-corrected chi connectivity index (χ4v) is 3.12. The molecule has 1 fully saturated rings. The van der Waals surface area contributed by atoms with E-state index in [4.69, 9.17) is 0 Å². The molecule has 3 rings (SSSR count). The second-order valence-corrected chi connectivity index (χ2v) is 6.46. The van der Waals surface area contributed by atoms with Crippen LogP contribution in [0.15, 0.2) is 28.9 Å². The summed E-state index contributed by atoms with van der Waals surface area (Å²) in [4.78, 5) is 6.71. The first-order chi connectivity index (χ1) is 10.2. The van der Waals surface area contributed by atoms with Gasteiger partial charge in [0.2, 0.25) is 0 Å². The van der Waals surface area contributed by atoms with E-state index < -0.39 is 0 Å². The van der Waals surface area contributed by atoms with Crippen LogP contribution in [0, 0.1) is 11.3 Å². The van der Waals surface area contributed by atoms with Crippen LogP contribution in [0.3, 0.4) is 0 Å². The third-order valence-corrected chi connectivity index (χ3v) is 4.51. The zero-order valence-corrected chi connectivity index (χ0v) is 13.5. The van der Waals surface area contributed by atoms with Crippen molar-refractivity contribution < 1.29 is 0 Å². The Bertz CT molecular complexity index is 699. The standard InChI is InChI=1S/C16H17BrN4/c1-21-6-4-13(5-7-21)20-16-11(9-18)10-19-15-3-2-12(17)8-14(15)16/h2-3,8,10,13H,4-7H2,1H3,(H,19,20). The van der Waals surface area contributed by atoms with Crippen molar-refractivity contribution in [2.24, 2.45) is 0 Å². The van der Waals surface area contributed by atoms with Gasteiger partial charge in [-0.1, -0.05) is 15.9 Å². The normalized spacial score (nSPS) is 16.8. The van der Waals surface area contributed by atoms with E-state index in [-0.39, 0.29) is 0 Å². The van der Waals surface area contributed by atoms with Crippen LogP contribution >= 0.6 is 15.9 Å². The maximum Gasteiger partial charge on any atom is 0.103 e. The van der Waals surface area contributed by atoms with Gasteiger partial charge in [-0.05, 0) is 51.2 Å². The lowest BCUT2D eigenvalue weighted by molar-refractivity contribution is 0.264. The number of piperidine rings is 1. The van der Waals surface area contributed by atoms with Crippen LogP contribution in [0.5, 0.6) is 0 Å². The number of nitriles is 1. The fraction of sp³-hybridized carbons (Fsp3) is 0.375. The molecule has 5 heteroatoms. The Morgan fingerprint density at radius 3 is 2.86 bits per heavy atom. The lowest BCUT2D eigenvalue weighted by Crippen LogP contribution is -2.36. The molecule has 0 amide bonds. The molecule has 1 saturated heterocycles. The van der Waals surface area contributed by atoms with Gasteiger partial charge in [0, 0.05) is 22.1 Å². The highest BCUT2D eigenvalue weighted by molar-refractivity contribution is 9.10. The molecule has 0 unspecified atom stereocenters. The SMILES string of the molecule is CN1CCC(Nc2c(C#N)cnc3ccc(Br)cc23)CC1. The van der Waals surface area contributed by atoms with Crippen molar-refractivity contribution in [2.75, 3.05) is 25.5 Å². The molecule has 0 bridgehead atoms. The van der Waals surface area contributed by atoms with E-state index in [1.54, 1.807) is 6.20 Å². The second kappa shape index (κ2) is 6.00. The molecule has 21 heavy (non-hydrogen) atoms. The summed E-state index contributed by atoms with van der Waals surface area (Å²) >= 11 is 3.50. The number of nitrogens with one attached hydrogen (secondary N) is 1. The average molecular weight is 345 g/mol. The van der Waals surface area contributed by atoms with Crippen LogP contribution in [0.25, 0.3) is 10.9 Å². The minimum absolute atomic E-state index is 0.415. The Balaban J connectivity index is 1.99. The van der Waals surface area contributed by atoms with Gasteiger partial charge in [0.25, 0.3) is 0 Å². The van der Waals surface area contributed by atoms with E-state index in [0.717, 1.165) is 47.0 Å². The number of pyridine rings is 1. The third kappa shape index (κ3) is 3.02. The zero-order chi connectivity index (χ0) is 14.8. The van der Waals surface area contributed by atoms with Crippen molar-refractivity contribution in [3.8, 4) is 6.07 Å². The van der Waals surface area contributed by atoms with Crippen molar-refractivity contribution in [3.05, 3.63) is 34.4 Å². The number of hydrogen-bond donors (Lipinski definition) is 1. The molecular formula is C16H17BrN4. The number of fused-ring (bicyclic) bond motifs is 1. The minimum Gasteiger partial charge on any atom is -0.381 e. The maximum atomic E-state index is 9.37. The number of nitrogens with zero attached hydrogens (tertiary/aromatic N) is 3. The first-order valence-corrected chi connectivity index (χ1v) is 7.90. The molecule has 4 nitrogen and oxygen atoms in total. The van der Waals surface area contributed by atoms with Gasteiger partial charge >= 0.3 is 0 Å². The summed E-state index contributed by atoms with van der Waals surface area (Å²) in [7, 11) is 2.15. The minimum atomic E-state index is 0.415. The van der Waals surface area contributed by atoms with Gasteiger partial charge in [-0.2, -0.15) is 5.26 Å². The van der Waals surface area contributed by atoms with Crippen LogP contribution in [-0.2, 0) is 0 Å². The highest BCUT2D eigenvalue weighted by Crippen LogP contribution is 2.30. The smallest absolute Gasteiger partial charge is 0.103 e. The van der Waals surface area contributed by atoms with Gasteiger partial charge in [-0.25, -0.2) is 0 Å². The maximum absolute atomic E-state index is 9.37. The first-order valence-electron chi connectivity index (χ1n) is 7.11. The zero-order valence-electron chi connectivity index (χ0n) is 11.9. The molecule has 0 atom stereocenters. The van der Waals surface area contributed by atoms with Gasteiger partial charge in [0.1, 0.15) is 6.07 Å². The summed E-state index contributed by atoms with van der Waals surface area (Å²) in [6, 6.07) is 8.64. The second-order valence-electron chi connectivity index (χ2n) is 5.54. The van der Waals surface area contributed by atoms with E-state index in [1.807, 2.05) is 18.2 Å². The van der Waals surface area contributed by atoms with E-state index in [2.05, 4.69) is 44.2 Å². The third-order valence-electron chi connectivity index (χ3n) is 4.02. The molecule has 2 aromatic rings. The van der Waals surface area contributed by atoms with Crippen molar-refractivity contribution in [1.82, 2.24) is 9.88 Å². The summed E-state index contributed by atoms with van der Waals surface area (Å²) in [5.74, 6) is 0. The Labute approximate surface area is 132 Å². The lowest BCUT2D eigenvalue weighted by Gasteiger charge is -2.30. The van der Waals surface area contributed by atoms with Gasteiger partial charge in [0.15, 0.2) is 0 Å². The van der Waals surface area contributed by atoms with Gasteiger partial charge in [-0.15, -0.1) is 0 Å².